The number of halogens is 1. The fourth-order valence-electron chi connectivity index (χ4n) is 2.09. The molecule has 0 spiro atoms. The molecule has 2 aliphatic rings. The van der Waals surface area contributed by atoms with Gasteiger partial charge in [0.2, 0.25) is 9.05 Å². The maximum atomic E-state index is 11.3. The van der Waals surface area contributed by atoms with E-state index in [1.807, 2.05) is 0 Å². The minimum absolute atomic E-state index is 0.0206. The van der Waals surface area contributed by atoms with E-state index < -0.39 is 13.8 Å². The molecule has 0 atom stereocenters. The standard InChI is InChI=1S/C9H12ClNO2S/c10-14(12,13)9(3-4-9)7-8(1-2-8)5-6-11/h1-5,7H2. The lowest BCUT2D eigenvalue weighted by Crippen LogP contribution is -2.22. The molecule has 0 heterocycles. The maximum Gasteiger partial charge on any atom is 0.238 e. The van der Waals surface area contributed by atoms with Gasteiger partial charge in [-0.1, -0.05) is 0 Å². The molecule has 0 radical (unpaired) electrons. The molecule has 0 aromatic heterocycles. The van der Waals surface area contributed by atoms with E-state index in [2.05, 4.69) is 6.07 Å². The Morgan fingerprint density at radius 3 is 2.14 bits per heavy atom. The third-order valence-electron chi connectivity index (χ3n) is 3.43. The minimum Gasteiger partial charge on any atom is -0.212 e. The van der Waals surface area contributed by atoms with E-state index in [1.165, 1.54) is 0 Å². The van der Waals surface area contributed by atoms with Crippen molar-refractivity contribution in [1.82, 2.24) is 0 Å². The van der Waals surface area contributed by atoms with Gasteiger partial charge >= 0.3 is 0 Å². The molecule has 0 N–H and O–H groups in total. The lowest BCUT2D eigenvalue weighted by atomic mass is 9.96. The number of nitriles is 1. The summed E-state index contributed by atoms with van der Waals surface area (Å²) in [5.74, 6) is 0. The summed E-state index contributed by atoms with van der Waals surface area (Å²) in [6, 6.07) is 2.13. The Labute approximate surface area is 88.5 Å². The van der Waals surface area contributed by atoms with Crippen LogP contribution in [0.3, 0.4) is 0 Å². The molecule has 0 aliphatic heterocycles. The molecule has 2 fully saturated rings. The van der Waals surface area contributed by atoms with Crippen LogP contribution >= 0.6 is 10.7 Å². The largest absolute Gasteiger partial charge is 0.238 e. The third kappa shape index (κ3) is 1.64. The van der Waals surface area contributed by atoms with Crippen molar-refractivity contribution < 1.29 is 8.42 Å². The summed E-state index contributed by atoms with van der Waals surface area (Å²) < 4.78 is 21.9. The highest BCUT2D eigenvalue weighted by atomic mass is 35.7. The Kier molecular flexibility index (Phi) is 2.10. The van der Waals surface area contributed by atoms with Crippen molar-refractivity contribution in [1.29, 1.82) is 5.26 Å². The van der Waals surface area contributed by atoms with Crippen LogP contribution in [0.1, 0.15) is 38.5 Å². The van der Waals surface area contributed by atoms with Crippen molar-refractivity contribution >= 4 is 19.7 Å². The molecular weight excluding hydrogens is 222 g/mol. The van der Waals surface area contributed by atoms with Crippen molar-refractivity contribution in [2.45, 2.75) is 43.3 Å². The van der Waals surface area contributed by atoms with E-state index in [0.717, 1.165) is 12.8 Å². The summed E-state index contributed by atoms with van der Waals surface area (Å²) >= 11 is 0. The second-order valence-electron chi connectivity index (χ2n) is 4.63. The van der Waals surface area contributed by atoms with Gasteiger partial charge in [0.05, 0.1) is 10.8 Å². The van der Waals surface area contributed by atoms with Crippen LogP contribution in [0.4, 0.5) is 0 Å². The van der Waals surface area contributed by atoms with Crippen LogP contribution in [0.25, 0.3) is 0 Å². The second kappa shape index (κ2) is 2.86. The SMILES string of the molecule is N#CCC1(CC2(S(=O)(=O)Cl)CC2)CC1. The summed E-state index contributed by atoms with van der Waals surface area (Å²) in [5, 5.41) is 8.63. The van der Waals surface area contributed by atoms with Gasteiger partial charge < -0.3 is 0 Å². The highest BCUT2D eigenvalue weighted by Gasteiger charge is 2.60. The van der Waals surface area contributed by atoms with E-state index in [0.29, 0.717) is 25.7 Å². The fraction of sp³-hybridized carbons (Fsp3) is 0.889. The molecule has 5 heteroatoms. The zero-order valence-electron chi connectivity index (χ0n) is 7.79. The van der Waals surface area contributed by atoms with Gasteiger partial charge in [-0.2, -0.15) is 5.26 Å². The highest BCUT2D eigenvalue weighted by Crippen LogP contribution is 2.61. The average Bonchev–Trinajstić information content (AvgIpc) is 2.89. The second-order valence-corrected chi connectivity index (χ2v) is 7.59. The molecule has 3 nitrogen and oxygen atoms in total. The first-order chi connectivity index (χ1) is 6.43. The van der Waals surface area contributed by atoms with Gasteiger partial charge in [0, 0.05) is 17.1 Å². The van der Waals surface area contributed by atoms with Gasteiger partial charge in [-0.25, -0.2) is 8.42 Å². The van der Waals surface area contributed by atoms with Crippen LogP contribution in [0, 0.1) is 16.7 Å². The van der Waals surface area contributed by atoms with Crippen LogP contribution < -0.4 is 0 Å². The number of hydrogen-bond donors (Lipinski definition) is 0. The number of rotatable bonds is 4. The van der Waals surface area contributed by atoms with Crippen LogP contribution in [0.2, 0.25) is 0 Å². The number of nitrogens with zero attached hydrogens (tertiary/aromatic N) is 1. The van der Waals surface area contributed by atoms with Gasteiger partial charge in [0.25, 0.3) is 0 Å². The molecule has 2 aliphatic carbocycles. The van der Waals surface area contributed by atoms with E-state index in [1.54, 1.807) is 0 Å². The first-order valence-electron chi connectivity index (χ1n) is 4.74. The normalized spacial score (nSPS) is 26.6. The molecule has 0 aromatic rings. The molecule has 2 rings (SSSR count). The van der Waals surface area contributed by atoms with E-state index >= 15 is 0 Å². The average molecular weight is 234 g/mol. The summed E-state index contributed by atoms with van der Waals surface area (Å²) in [5.41, 5.74) is -0.0206. The van der Waals surface area contributed by atoms with E-state index in [-0.39, 0.29) is 5.41 Å². The number of hydrogen-bond acceptors (Lipinski definition) is 3. The van der Waals surface area contributed by atoms with Crippen molar-refractivity contribution in [2.24, 2.45) is 5.41 Å². The van der Waals surface area contributed by atoms with Gasteiger partial charge in [0.15, 0.2) is 0 Å². The van der Waals surface area contributed by atoms with E-state index in [4.69, 9.17) is 15.9 Å². The first kappa shape index (κ1) is 10.3. The first-order valence-corrected chi connectivity index (χ1v) is 7.05. The van der Waals surface area contributed by atoms with Gasteiger partial charge in [-0.3, -0.25) is 0 Å². The molecule has 0 aromatic carbocycles. The topological polar surface area (TPSA) is 57.9 Å². The third-order valence-corrected chi connectivity index (χ3v) is 6.00. The van der Waals surface area contributed by atoms with Gasteiger partial charge in [-0.05, 0) is 37.5 Å². The zero-order valence-corrected chi connectivity index (χ0v) is 9.36. The van der Waals surface area contributed by atoms with E-state index in [9.17, 15) is 8.42 Å². The Hall–Kier alpha value is -0.270. The van der Waals surface area contributed by atoms with Gasteiger partial charge in [-0.15, -0.1) is 0 Å². The van der Waals surface area contributed by atoms with Crippen molar-refractivity contribution in [3.05, 3.63) is 0 Å². The minimum atomic E-state index is -3.44. The Bertz CT molecular complexity index is 388. The zero-order chi connectivity index (χ0) is 10.4. The molecule has 0 saturated heterocycles. The van der Waals surface area contributed by atoms with Crippen molar-refractivity contribution in [3.8, 4) is 6.07 Å². The Morgan fingerprint density at radius 2 is 1.86 bits per heavy atom. The monoisotopic (exact) mass is 233 g/mol. The van der Waals surface area contributed by atoms with Crippen molar-refractivity contribution in [2.75, 3.05) is 0 Å². The molecule has 0 unspecified atom stereocenters. The van der Waals surface area contributed by atoms with Crippen molar-refractivity contribution in [3.63, 3.8) is 0 Å². The molecular formula is C9H12ClNO2S. The fourth-order valence-corrected chi connectivity index (χ4v) is 3.79. The molecule has 2 saturated carbocycles. The van der Waals surface area contributed by atoms with Crippen LogP contribution in [-0.2, 0) is 9.05 Å². The lowest BCUT2D eigenvalue weighted by Gasteiger charge is -2.17. The quantitative estimate of drug-likeness (QED) is 0.700. The highest BCUT2D eigenvalue weighted by molar-refractivity contribution is 8.15. The van der Waals surface area contributed by atoms with Crippen LogP contribution in [0.5, 0.6) is 0 Å². The Balaban J connectivity index is 2.09. The lowest BCUT2D eigenvalue weighted by molar-refractivity contribution is 0.448. The summed E-state index contributed by atoms with van der Waals surface area (Å²) in [4.78, 5) is 0. The predicted octanol–water partition coefficient (Wildman–Crippen LogP) is 2.17. The molecule has 0 bridgehead atoms. The predicted molar refractivity (Wildman–Crippen MR) is 53.3 cm³/mol. The summed E-state index contributed by atoms with van der Waals surface area (Å²) in [6.07, 6.45) is 4.38. The van der Waals surface area contributed by atoms with Gasteiger partial charge in [0.1, 0.15) is 0 Å². The van der Waals surface area contributed by atoms with Crippen LogP contribution in [0.15, 0.2) is 0 Å². The molecule has 14 heavy (non-hydrogen) atoms. The summed E-state index contributed by atoms with van der Waals surface area (Å²) in [7, 11) is 1.97. The molecule has 0 amide bonds. The maximum absolute atomic E-state index is 11.3. The summed E-state index contributed by atoms with van der Waals surface area (Å²) in [6.45, 7) is 0. The molecule has 78 valence electrons. The Morgan fingerprint density at radius 1 is 1.29 bits per heavy atom. The van der Waals surface area contributed by atoms with Crippen LogP contribution in [-0.4, -0.2) is 13.2 Å². The smallest absolute Gasteiger partial charge is 0.212 e.